The van der Waals surface area contributed by atoms with Crippen LogP contribution >= 0.6 is 11.3 Å². The predicted octanol–water partition coefficient (Wildman–Crippen LogP) is 3.19. The van der Waals surface area contributed by atoms with Gasteiger partial charge in [-0.2, -0.15) is 0 Å². The number of carbonyl (C=O) groups excluding carboxylic acids is 4. The summed E-state index contributed by atoms with van der Waals surface area (Å²) in [5.74, 6) is -1.36. The van der Waals surface area contributed by atoms with Gasteiger partial charge < -0.3 is 10.2 Å². The number of nitrogens with one attached hydrogen (secondary N) is 1. The molecule has 0 spiro atoms. The van der Waals surface area contributed by atoms with Crippen LogP contribution in [-0.4, -0.2) is 59.1 Å². The molecule has 2 unspecified atom stereocenters. The molecular formula is C23H26N4O4S. The Morgan fingerprint density at radius 3 is 2.38 bits per heavy atom. The summed E-state index contributed by atoms with van der Waals surface area (Å²) < 4.78 is 0. The zero-order chi connectivity index (χ0) is 23.0. The number of aromatic nitrogens is 1. The molecular weight excluding hydrogens is 428 g/mol. The van der Waals surface area contributed by atoms with Crippen LogP contribution in [0.4, 0.5) is 5.13 Å². The van der Waals surface area contributed by atoms with E-state index in [1.807, 2.05) is 0 Å². The van der Waals surface area contributed by atoms with Crippen molar-refractivity contribution in [1.29, 1.82) is 0 Å². The third-order valence-electron chi connectivity index (χ3n) is 6.17. The van der Waals surface area contributed by atoms with Crippen LogP contribution in [-0.2, 0) is 4.79 Å². The zero-order valence-corrected chi connectivity index (χ0v) is 19.2. The molecule has 9 heteroatoms. The molecule has 8 nitrogen and oxygen atoms in total. The maximum absolute atomic E-state index is 13.1. The number of nitrogens with zero attached hydrogens (tertiary/aromatic N) is 3. The fourth-order valence-electron chi connectivity index (χ4n) is 4.46. The van der Waals surface area contributed by atoms with Gasteiger partial charge in [-0.25, -0.2) is 4.98 Å². The number of aryl methyl sites for hydroxylation is 1. The highest BCUT2D eigenvalue weighted by molar-refractivity contribution is 7.17. The van der Waals surface area contributed by atoms with Crippen LogP contribution in [0, 0.1) is 18.8 Å². The van der Waals surface area contributed by atoms with E-state index in [0.29, 0.717) is 33.3 Å². The SMILES string of the molecule is Cc1nc(NC(=O)C2CCCCC2CN2C(=O)c3ccccc3C2=O)sc1C(=O)N(C)C. The summed E-state index contributed by atoms with van der Waals surface area (Å²) in [6.45, 7) is 1.97. The highest BCUT2D eigenvalue weighted by Crippen LogP contribution is 2.34. The second-order valence-corrected chi connectivity index (χ2v) is 9.54. The van der Waals surface area contributed by atoms with Gasteiger partial charge in [0.2, 0.25) is 5.91 Å². The van der Waals surface area contributed by atoms with Crippen molar-refractivity contribution in [2.45, 2.75) is 32.6 Å². The summed E-state index contributed by atoms with van der Waals surface area (Å²) in [6.07, 6.45) is 3.33. The second-order valence-electron chi connectivity index (χ2n) is 8.54. The molecule has 1 saturated carbocycles. The molecule has 0 saturated heterocycles. The molecule has 2 aromatic rings. The highest BCUT2D eigenvalue weighted by Gasteiger charge is 2.40. The largest absolute Gasteiger partial charge is 0.344 e. The number of rotatable bonds is 5. The van der Waals surface area contributed by atoms with Crippen LogP contribution in [0.25, 0.3) is 0 Å². The number of imide groups is 1. The average molecular weight is 455 g/mol. The van der Waals surface area contributed by atoms with Crippen LogP contribution in [0.2, 0.25) is 0 Å². The van der Waals surface area contributed by atoms with E-state index < -0.39 is 0 Å². The van der Waals surface area contributed by atoms with Crippen molar-refractivity contribution in [2.75, 3.05) is 26.0 Å². The van der Waals surface area contributed by atoms with E-state index in [9.17, 15) is 19.2 Å². The Hall–Kier alpha value is -3.07. The number of hydrogen-bond donors (Lipinski definition) is 1. The molecule has 1 aromatic heterocycles. The summed E-state index contributed by atoms with van der Waals surface area (Å²) in [5, 5.41) is 3.26. The van der Waals surface area contributed by atoms with Gasteiger partial charge in [-0.15, -0.1) is 0 Å². The van der Waals surface area contributed by atoms with Gasteiger partial charge in [-0.3, -0.25) is 24.1 Å². The molecule has 1 aliphatic heterocycles. The van der Waals surface area contributed by atoms with Crippen molar-refractivity contribution in [3.05, 3.63) is 46.0 Å². The molecule has 0 radical (unpaired) electrons. The van der Waals surface area contributed by atoms with Crippen molar-refractivity contribution in [1.82, 2.24) is 14.8 Å². The van der Waals surface area contributed by atoms with Gasteiger partial charge in [0.1, 0.15) is 4.88 Å². The van der Waals surface area contributed by atoms with Crippen LogP contribution in [0.5, 0.6) is 0 Å². The number of benzene rings is 1. The lowest BCUT2D eigenvalue weighted by Gasteiger charge is -2.32. The van der Waals surface area contributed by atoms with E-state index in [1.165, 1.54) is 9.80 Å². The molecule has 168 valence electrons. The molecule has 2 atom stereocenters. The van der Waals surface area contributed by atoms with Gasteiger partial charge in [0.25, 0.3) is 17.7 Å². The van der Waals surface area contributed by atoms with E-state index in [-0.39, 0.29) is 42.0 Å². The minimum atomic E-state index is -0.328. The van der Waals surface area contributed by atoms with E-state index >= 15 is 0 Å². The number of amides is 4. The maximum atomic E-state index is 13.1. The van der Waals surface area contributed by atoms with Crippen LogP contribution in [0.3, 0.4) is 0 Å². The summed E-state index contributed by atoms with van der Waals surface area (Å²) in [6, 6.07) is 6.82. The van der Waals surface area contributed by atoms with Crippen molar-refractivity contribution in [3.8, 4) is 0 Å². The van der Waals surface area contributed by atoms with E-state index in [4.69, 9.17) is 0 Å². The second kappa shape index (κ2) is 8.82. The molecule has 4 rings (SSSR count). The minimum absolute atomic E-state index is 0.116. The summed E-state index contributed by atoms with van der Waals surface area (Å²) >= 11 is 1.16. The first kappa shape index (κ1) is 22.1. The Balaban J connectivity index is 1.48. The predicted molar refractivity (Wildman–Crippen MR) is 121 cm³/mol. The molecule has 2 heterocycles. The van der Waals surface area contributed by atoms with Crippen molar-refractivity contribution in [2.24, 2.45) is 11.8 Å². The van der Waals surface area contributed by atoms with Gasteiger partial charge in [0.05, 0.1) is 16.8 Å². The first-order valence-electron chi connectivity index (χ1n) is 10.7. The maximum Gasteiger partial charge on any atom is 0.265 e. The zero-order valence-electron chi connectivity index (χ0n) is 18.4. The Morgan fingerprint density at radius 2 is 1.75 bits per heavy atom. The van der Waals surface area contributed by atoms with Gasteiger partial charge in [0.15, 0.2) is 5.13 Å². The van der Waals surface area contributed by atoms with Crippen LogP contribution in [0.1, 0.15) is 61.8 Å². The Bertz CT molecular complexity index is 1060. The van der Waals surface area contributed by atoms with Gasteiger partial charge in [-0.1, -0.05) is 36.3 Å². The Morgan fingerprint density at radius 1 is 1.12 bits per heavy atom. The third-order valence-corrected chi connectivity index (χ3v) is 7.23. The van der Waals surface area contributed by atoms with Crippen LogP contribution < -0.4 is 5.32 Å². The minimum Gasteiger partial charge on any atom is -0.344 e. The van der Waals surface area contributed by atoms with Crippen molar-refractivity contribution >= 4 is 40.1 Å². The van der Waals surface area contributed by atoms with Crippen LogP contribution in [0.15, 0.2) is 24.3 Å². The smallest absolute Gasteiger partial charge is 0.265 e. The fraction of sp³-hybridized carbons (Fsp3) is 0.435. The van der Waals surface area contributed by atoms with Crippen molar-refractivity contribution in [3.63, 3.8) is 0 Å². The van der Waals surface area contributed by atoms with Gasteiger partial charge in [-0.05, 0) is 37.8 Å². The molecule has 1 fully saturated rings. The highest BCUT2D eigenvalue weighted by atomic mass is 32.1. The van der Waals surface area contributed by atoms with Gasteiger partial charge in [0, 0.05) is 26.6 Å². The third kappa shape index (κ3) is 4.04. The topological polar surface area (TPSA) is 99.7 Å². The fourth-order valence-corrected chi connectivity index (χ4v) is 5.45. The number of anilines is 1. The molecule has 2 aliphatic rings. The number of thiazole rings is 1. The Kier molecular flexibility index (Phi) is 6.10. The quantitative estimate of drug-likeness (QED) is 0.700. The van der Waals surface area contributed by atoms with E-state index in [0.717, 1.165) is 30.6 Å². The average Bonchev–Trinajstić information content (AvgIpc) is 3.26. The summed E-state index contributed by atoms with van der Waals surface area (Å²) in [4.78, 5) is 58.5. The summed E-state index contributed by atoms with van der Waals surface area (Å²) in [7, 11) is 3.34. The number of fused-ring (bicyclic) bond motifs is 1. The number of carbonyl (C=O) groups is 4. The monoisotopic (exact) mass is 454 g/mol. The lowest BCUT2D eigenvalue weighted by atomic mass is 9.78. The lowest BCUT2D eigenvalue weighted by molar-refractivity contribution is -0.122. The molecule has 4 amide bonds. The number of hydrogen-bond acceptors (Lipinski definition) is 6. The molecule has 1 aromatic carbocycles. The first-order valence-corrected chi connectivity index (χ1v) is 11.5. The van der Waals surface area contributed by atoms with Crippen molar-refractivity contribution < 1.29 is 19.2 Å². The van der Waals surface area contributed by atoms with Gasteiger partial charge >= 0.3 is 0 Å². The first-order chi connectivity index (χ1) is 15.3. The van der Waals surface area contributed by atoms with E-state index in [2.05, 4.69) is 10.3 Å². The molecule has 0 bridgehead atoms. The van der Waals surface area contributed by atoms with E-state index in [1.54, 1.807) is 45.3 Å². The molecule has 1 N–H and O–H groups in total. The Labute approximate surface area is 190 Å². The molecule has 1 aliphatic carbocycles. The molecule has 32 heavy (non-hydrogen) atoms. The lowest BCUT2D eigenvalue weighted by Crippen LogP contribution is -2.41. The summed E-state index contributed by atoms with van der Waals surface area (Å²) in [5.41, 5.74) is 1.42. The standard InChI is InChI=1S/C23H26N4O4S/c1-13-18(22(31)26(2)3)32-23(24-13)25-19(28)15-9-5-4-8-14(15)12-27-20(29)16-10-6-7-11-17(16)21(27)30/h6-7,10-11,14-15H,4-5,8-9,12H2,1-3H3,(H,24,25,28). The normalized spacial score (nSPS) is 20.3.